The van der Waals surface area contributed by atoms with Crippen LogP contribution >= 0.6 is 34.0 Å². The minimum absolute atomic E-state index is 0.606. The van der Waals surface area contributed by atoms with Gasteiger partial charge in [-0.1, -0.05) is 15.5 Å². The predicted molar refractivity (Wildman–Crippen MR) is 178 cm³/mol. The quantitative estimate of drug-likeness (QED) is 0.156. The molecular formula is C28H36N12O5S3. The molecule has 0 aliphatic carbocycles. The molecule has 0 aromatic carbocycles. The summed E-state index contributed by atoms with van der Waals surface area (Å²) >= 11 is 4.89. The first-order chi connectivity index (χ1) is 23.2. The smallest absolute Gasteiger partial charge is 0.223 e. The molecule has 0 bridgehead atoms. The van der Waals surface area contributed by atoms with Gasteiger partial charge in [0.05, 0.1) is 22.4 Å². The second kappa shape index (κ2) is 26.8. The molecule has 0 N–H and O–H groups in total. The van der Waals surface area contributed by atoms with Gasteiger partial charge < -0.3 is 22.4 Å². The van der Waals surface area contributed by atoms with Crippen molar-refractivity contribution in [1.82, 2.24) is 60.8 Å². The molecule has 20 heteroatoms. The van der Waals surface area contributed by atoms with Crippen LogP contribution in [0.5, 0.6) is 0 Å². The van der Waals surface area contributed by atoms with Crippen LogP contribution in [0.3, 0.4) is 0 Å². The number of aryl methyl sites for hydroxylation is 8. The van der Waals surface area contributed by atoms with Crippen LogP contribution in [0.2, 0.25) is 0 Å². The number of nitrogens with zero attached hydrogens (tertiary/aromatic N) is 12. The Morgan fingerprint density at radius 1 is 0.562 bits per heavy atom. The van der Waals surface area contributed by atoms with Crippen molar-refractivity contribution in [3.8, 4) is 0 Å². The zero-order chi connectivity index (χ0) is 35.2. The van der Waals surface area contributed by atoms with Gasteiger partial charge in [-0.25, -0.2) is 4.98 Å². The van der Waals surface area contributed by atoms with Crippen molar-refractivity contribution in [2.45, 2.75) is 55.4 Å². The summed E-state index contributed by atoms with van der Waals surface area (Å²) in [7, 11) is 0. The number of thiazole rings is 2. The van der Waals surface area contributed by atoms with E-state index in [-0.39, 0.29) is 0 Å². The van der Waals surface area contributed by atoms with E-state index in [1.54, 1.807) is 104 Å². The maximum absolute atomic E-state index is 4.72. The highest BCUT2D eigenvalue weighted by atomic mass is 32.1. The van der Waals surface area contributed by atoms with Crippen molar-refractivity contribution < 1.29 is 22.4 Å². The Labute approximate surface area is 288 Å². The molecule has 0 aliphatic heterocycles. The molecule has 8 aromatic heterocycles. The molecule has 0 saturated heterocycles. The molecule has 8 heterocycles. The van der Waals surface area contributed by atoms with Crippen molar-refractivity contribution in [3.05, 3.63) is 117 Å². The van der Waals surface area contributed by atoms with Crippen LogP contribution in [0.4, 0.5) is 0 Å². The first-order valence-corrected chi connectivity index (χ1v) is 16.2. The van der Waals surface area contributed by atoms with E-state index in [0.29, 0.717) is 17.6 Å². The van der Waals surface area contributed by atoms with Gasteiger partial charge in [0.2, 0.25) is 24.6 Å². The number of aromatic nitrogens is 12. The largest absolute Gasteiger partial charge is 0.449 e. The fraction of sp³-hybridized carbons (Fsp3) is 0.286. The van der Waals surface area contributed by atoms with Crippen LogP contribution in [-0.2, 0) is 0 Å². The van der Waals surface area contributed by atoms with Gasteiger partial charge in [-0.2, -0.15) is 9.97 Å². The lowest BCUT2D eigenvalue weighted by Gasteiger charge is -1.67. The van der Waals surface area contributed by atoms with Crippen LogP contribution < -0.4 is 0 Å². The van der Waals surface area contributed by atoms with E-state index in [1.165, 1.54) is 19.1 Å². The Morgan fingerprint density at radius 2 is 1.29 bits per heavy atom. The number of hydrogen-bond acceptors (Lipinski definition) is 20. The summed E-state index contributed by atoms with van der Waals surface area (Å²) in [5, 5.41) is 31.6. The maximum Gasteiger partial charge on any atom is 0.223 e. The van der Waals surface area contributed by atoms with Crippen LogP contribution in [0, 0.1) is 55.4 Å². The van der Waals surface area contributed by atoms with Gasteiger partial charge in [0.1, 0.15) is 22.5 Å². The lowest BCUT2D eigenvalue weighted by molar-refractivity contribution is 0.392. The highest BCUT2D eigenvalue weighted by molar-refractivity contribution is 7.09. The Bertz CT molecular complexity index is 1290. The topological polar surface area (TPSA) is 220 Å². The molecule has 0 spiro atoms. The van der Waals surface area contributed by atoms with Crippen molar-refractivity contribution in [2.75, 3.05) is 0 Å². The fourth-order valence-electron chi connectivity index (χ4n) is 2.07. The van der Waals surface area contributed by atoms with Crippen molar-refractivity contribution >= 4 is 34.0 Å². The first-order valence-electron chi connectivity index (χ1n) is 13.5. The normalized spacial score (nSPS) is 8.83. The summed E-state index contributed by atoms with van der Waals surface area (Å²) in [6.45, 7) is 14.8. The van der Waals surface area contributed by atoms with Gasteiger partial charge in [0, 0.05) is 50.0 Å². The van der Waals surface area contributed by atoms with Crippen molar-refractivity contribution in [2.24, 2.45) is 0 Å². The molecular weight excluding hydrogens is 681 g/mol. The van der Waals surface area contributed by atoms with Gasteiger partial charge in [-0.05, 0) is 34.6 Å². The van der Waals surface area contributed by atoms with E-state index < -0.39 is 0 Å². The molecule has 17 nitrogen and oxygen atoms in total. The average Bonchev–Trinajstić information content (AvgIpc) is 3.87. The van der Waals surface area contributed by atoms with Crippen LogP contribution in [0.25, 0.3) is 0 Å². The molecule has 8 rings (SSSR count). The van der Waals surface area contributed by atoms with Gasteiger partial charge in [0.25, 0.3) is 0 Å². The number of hydrogen-bond donors (Lipinski definition) is 0. The summed E-state index contributed by atoms with van der Waals surface area (Å²) < 4.78 is 22.7. The number of oxazole rings is 1. The standard InChI is InChI=1S/2C4H5NO.2C4H5NS.3C3H4N2O.C3H4N2S/c1-4-5-2-3-6-4;1-4-2-3-5-6-4;2*1-4-5-2-3-6-4;1-3-5-4-2-6-3;1-3-4-2-6-5-3;1-3-4-2-5-6-3;1-3-5-4-2-6-3/h4*2-3H,1H3;4*2H,1H3. The lowest BCUT2D eigenvalue weighted by atomic mass is 10.5. The molecule has 0 fully saturated rings. The molecule has 8 aromatic rings. The Morgan fingerprint density at radius 3 is 1.44 bits per heavy atom. The van der Waals surface area contributed by atoms with Gasteiger partial charge >= 0.3 is 0 Å². The third-order valence-electron chi connectivity index (χ3n) is 4.12. The first kappa shape index (κ1) is 40.7. The van der Waals surface area contributed by atoms with E-state index in [1.807, 2.05) is 38.5 Å². The third kappa shape index (κ3) is 24.9. The molecule has 0 atom stereocenters. The summed E-state index contributed by atoms with van der Waals surface area (Å²) in [6, 6.07) is 1.81. The minimum atomic E-state index is 0.606. The van der Waals surface area contributed by atoms with Gasteiger partial charge in [-0.3, -0.25) is 9.97 Å². The highest BCUT2D eigenvalue weighted by Crippen LogP contribution is 1.99. The summed E-state index contributed by atoms with van der Waals surface area (Å²) in [4.78, 5) is 18.9. The lowest BCUT2D eigenvalue weighted by Crippen LogP contribution is -1.66. The third-order valence-corrected chi connectivity index (χ3v) is 6.15. The van der Waals surface area contributed by atoms with Crippen LogP contribution in [0.1, 0.15) is 44.3 Å². The van der Waals surface area contributed by atoms with E-state index in [0.717, 1.165) is 26.7 Å². The molecule has 0 aliphatic rings. The van der Waals surface area contributed by atoms with Crippen molar-refractivity contribution in [1.29, 1.82) is 0 Å². The Hall–Kier alpha value is -5.34. The molecule has 0 saturated carbocycles. The molecule has 48 heavy (non-hydrogen) atoms. The zero-order valence-electron chi connectivity index (χ0n) is 27.6. The second-order valence-electron chi connectivity index (χ2n) is 8.13. The number of rotatable bonds is 0. The van der Waals surface area contributed by atoms with E-state index in [9.17, 15) is 0 Å². The predicted octanol–water partition coefficient (Wildman–Crippen LogP) is 6.85. The average molecular weight is 717 g/mol. The summed E-state index contributed by atoms with van der Waals surface area (Å²) in [5.41, 5.74) is 1.72. The second-order valence-corrected chi connectivity index (χ2v) is 11.4. The van der Waals surface area contributed by atoms with E-state index in [4.69, 9.17) is 4.42 Å². The van der Waals surface area contributed by atoms with Gasteiger partial charge in [-0.15, -0.1) is 54.4 Å². The molecule has 0 amide bonds. The van der Waals surface area contributed by atoms with E-state index >= 15 is 0 Å². The SMILES string of the molecule is Cc1ccno1.Cc1ncco1.Cc1nccs1.Cc1nccs1.Cc1ncno1.Cc1ncon1.Cc1nnco1.Cc1nncs1. The maximum atomic E-state index is 4.72. The molecule has 0 radical (unpaired) electrons. The Kier molecular flexibility index (Phi) is 22.7. The molecule has 0 unspecified atom stereocenters. The van der Waals surface area contributed by atoms with E-state index in [2.05, 4.69) is 78.8 Å². The summed E-state index contributed by atoms with van der Waals surface area (Å²) in [6.07, 6.45) is 12.4. The van der Waals surface area contributed by atoms with Gasteiger partial charge in [0.15, 0.2) is 18.0 Å². The molecule has 256 valence electrons. The highest BCUT2D eigenvalue weighted by Gasteiger charge is 1.82. The van der Waals surface area contributed by atoms with Crippen molar-refractivity contribution in [3.63, 3.8) is 0 Å². The van der Waals surface area contributed by atoms with Crippen LogP contribution in [-0.4, -0.2) is 60.8 Å². The zero-order valence-corrected chi connectivity index (χ0v) is 30.0. The minimum Gasteiger partial charge on any atom is -0.449 e. The summed E-state index contributed by atoms with van der Waals surface area (Å²) in [5.74, 6) is 3.46. The van der Waals surface area contributed by atoms with Crippen LogP contribution in [0.15, 0.2) is 94.9 Å². The fourth-order valence-corrected chi connectivity index (χ4v) is 3.29. The Balaban J connectivity index is 0.000000274. The monoisotopic (exact) mass is 716 g/mol.